The first-order valence-electron chi connectivity index (χ1n) is 9.60. The minimum Gasteiger partial charge on any atom is -0.493 e. The normalized spacial score (nSPS) is 30.0. The van der Waals surface area contributed by atoms with Gasteiger partial charge >= 0.3 is 0 Å². The number of para-hydroxylation sites is 1. The minimum atomic E-state index is -0.0501. The molecule has 0 aliphatic carbocycles. The molecule has 4 rings (SSSR count). The van der Waals surface area contributed by atoms with E-state index in [2.05, 4.69) is 16.7 Å². The first kappa shape index (κ1) is 16.9. The molecule has 1 aromatic rings. The highest BCUT2D eigenvalue weighted by molar-refractivity contribution is 5.85. The summed E-state index contributed by atoms with van der Waals surface area (Å²) >= 11 is 0. The van der Waals surface area contributed by atoms with Gasteiger partial charge in [0.2, 0.25) is 5.91 Å². The van der Waals surface area contributed by atoms with Crippen LogP contribution in [0.1, 0.15) is 31.2 Å². The van der Waals surface area contributed by atoms with Crippen molar-refractivity contribution in [2.45, 2.75) is 31.7 Å². The van der Waals surface area contributed by atoms with Crippen LogP contribution in [-0.2, 0) is 9.53 Å². The lowest BCUT2D eigenvalue weighted by atomic mass is 9.92. The molecule has 0 spiro atoms. The van der Waals surface area contributed by atoms with Crippen molar-refractivity contribution in [1.29, 1.82) is 0 Å². The second-order valence-electron chi connectivity index (χ2n) is 7.35. The largest absolute Gasteiger partial charge is 0.493 e. The van der Waals surface area contributed by atoms with Gasteiger partial charge in [0.15, 0.2) is 0 Å². The van der Waals surface area contributed by atoms with Gasteiger partial charge in [-0.3, -0.25) is 9.69 Å². The molecule has 25 heavy (non-hydrogen) atoms. The van der Waals surface area contributed by atoms with E-state index < -0.39 is 0 Å². The van der Waals surface area contributed by atoms with Gasteiger partial charge in [0, 0.05) is 37.8 Å². The Morgan fingerprint density at radius 2 is 1.96 bits per heavy atom. The standard InChI is InChI=1S/C20H28N2O3/c1-2-15-13-22(14-18(15)21-8-11-24-12-9-21)20(23)17-7-10-25-19-6-4-3-5-16(17)19/h3-6,15,17-18H,2,7-14H2,1H3/t15-,17+,18+/m1/s1. The Hall–Kier alpha value is -1.59. The lowest BCUT2D eigenvalue weighted by molar-refractivity contribution is -0.132. The average molecular weight is 344 g/mol. The maximum Gasteiger partial charge on any atom is 0.230 e. The number of likely N-dealkylation sites (tertiary alicyclic amines) is 1. The molecule has 0 saturated carbocycles. The summed E-state index contributed by atoms with van der Waals surface area (Å²) in [6, 6.07) is 8.48. The van der Waals surface area contributed by atoms with E-state index >= 15 is 0 Å². The maximum atomic E-state index is 13.3. The highest BCUT2D eigenvalue weighted by Crippen LogP contribution is 2.36. The van der Waals surface area contributed by atoms with Crippen molar-refractivity contribution in [3.05, 3.63) is 29.8 Å². The van der Waals surface area contributed by atoms with Gasteiger partial charge in [-0.15, -0.1) is 0 Å². The molecule has 3 aliphatic rings. The predicted molar refractivity (Wildman–Crippen MR) is 95.8 cm³/mol. The number of nitrogens with zero attached hydrogens (tertiary/aromatic N) is 2. The van der Waals surface area contributed by atoms with Gasteiger partial charge in [0.1, 0.15) is 5.75 Å². The lowest BCUT2D eigenvalue weighted by Gasteiger charge is -2.34. The fraction of sp³-hybridized carbons (Fsp3) is 0.650. The van der Waals surface area contributed by atoms with E-state index in [0.29, 0.717) is 18.6 Å². The van der Waals surface area contributed by atoms with Gasteiger partial charge < -0.3 is 14.4 Å². The summed E-state index contributed by atoms with van der Waals surface area (Å²) in [5.41, 5.74) is 1.06. The van der Waals surface area contributed by atoms with E-state index in [1.165, 1.54) is 0 Å². The highest BCUT2D eigenvalue weighted by Gasteiger charge is 2.41. The Morgan fingerprint density at radius 1 is 1.16 bits per heavy atom. The molecule has 1 aromatic carbocycles. The molecule has 3 aliphatic heterocycles. The summed E-state index contributed by atoms with van der Waals surface area (Å²) in [7, 11) is 0. The number of hydrogen-bond acceptors (Lipinski definition) is 4. The monoisotopic (exact) mass is 344 g/mol. The number of fused-ring (bicyclic) bond motifs is 1. The zero-order valence-corrected chi connectivity index (χ0v) is 15.0. The smallest absolute Gasteiger partial charge is 0.230 e. The lowest BCUT2D eigenvalue weighted by Crippen LogP contribution is -2.47. The van der Waals surface area contributed by atoms with Crippen molar-refractivity contribution >= 4 is 5.91 Å². The van der Waals surface area contributed by atoms with Crippen molar-refractivity contribution in [2.24, 2.45) is 5.92 Å². The van der Waals surface area contributed by atoms with Crippen LogP contribution < -0.4 is 4.74 Å². The molecule has 5 nitrogen and oxygen atoms in total. The van der Waals surface area contributed by atoms with Crippen LogP contribution in [0.25, 0.3) is 0 Å². The Balaban J connectivity index is 1.49. The zero-order chi connectivity index (χ0) is 17.2. The van der Waals surface area contributed by atoms with Crippen LogP contribution in [-0.4, -0.2) is 67.7 Å². The Kier molecular flexibility index (Phi) is 4.95. The summed E-state index contributed by atoms with van der Waals surface area (Å²) in [6.45, 7) is 8.23. The second-order valence-corrected chi connectivity index (χ2v) is 7.35. The van der Waals surface area contributed by atoms with Gasteiger partial charge in [-0.1, -0.05) is 31.5 Å². The molecule has 2 fully saturated rings. The van der Waals surface area contributed by atoms with Crippen molar-refractivity contribution in [2.75, 3.05) is 46.0 Å². The fourth-order valence-electron chi connectivity index (χ4n) is 4.58. The van der Waals surface area contributed by atoms with Gasteiger partial charge in [0.25, 0.3) is 0 Å². The average Bonchev–Trinajstić information content (AvgIpc) is 3.12. The number of benzene rings is 1. The van der Waals surface area contributed by atoms with Crippen LogP contribution in [0, 0.1) is 5.92 Å². The number of rotatable bonds is 3. The molecule has 0 radical (unpaired) electrons. The van der Waals surface area contributed by atoms with Crippen molar-refractivity contribution in [1.82, 2.24) is 9.80 Å². The van der Waals surface area contributed by atoms with Crippen LogP contribution in [0.2, 0.25) is 0 Å². The SMILES string of the molecule is CC[C@@H]1CN(C(=O)[C@H]2CCOc3ccccc32)C[C@@H]1N1CCOCC1. The minimum absolute atomic E-state index is 0.0501. The predicted octanol–water partition coefficient (Wildman–Crippen LogP) is 2.12. The first-order chi connectivity index (χ1) is 12.3. The molecule has 0 unspecified atom stereocenters. The van der Waals surface area contributed by atoms with E-state index in [1.54, 1.807) is 0 Å². The molecule has 5 heteroatoms. The van der Waals surface area contributed by atoms with Crippen molar-refractivity contribution in [3.63, 3.8) is 0 Å². The molecular weight excluding hydrogens is 316 g/mol. The molecule has 2 saturated heterocycles. The Labute approximate surface area is 149 Å². The van der Waals surface area contributed by atoms with Gasteiger partial charge in [-0.05, 0) is 18.4 Å². The fourth-order valence-corrected chi connectivity index (χ4v) is 4.58. The van der Waals surface area contributed by atoms with Crippen LogP contribution in [0.15, 0.2) is 24.3 Å². The highest BCUT2D eigenvalue weighted by atomic mass is 16.5. The van der Waals surface area contributed by atoms with Crippen LogP contribution in [0.4, 0.5) is 0 Å². The molecule has 3 heterocycles. The van der Waals surface area contributed by atoms with E-state index in [-0.39, 0.29) is 11.8 Å². The van der Waals surface area contributed by atoms with Gasteiger partial charge in [-0.2, -0.15) is 0 Å². The number of hydrogen-bond donors (Lipinski definition) is 0. The van der Waals surface area contributed by atoms with Crippen molar-refractivity contribution < 1.29 is 14.3 Å². The summed E-state index contributed by atoms with van der Waals surface area (Å²) in [4.78, 5) is 17.9. The first-order valence-corrected chi connectivity index (χ1v) is 9.60. The van der Waals surface area contributed by atoms with E-state index in [0.717, 1.165) is 63.5 Å². The number of carbonyl (C=O) groups is 1. The van der Waals surface area contributed by atoms with Crippen molar-refractivity contribution in [3.8, 4) is 5.75 Å². The molecular formula is C20H28N2O3. The summed E-state index contributed by atoms with van der Waals surface area (Å²) in [6.07, 6.45) is 1.90. The van der Waals surface area contributed by atoms with E-state index in [1.807, 2.05) is 24.3 Å². The molecule has 0 N–H and O–H groups in total. The van der Waals surface area contributed by atoms with Crippen LogP contribution in [0.3, 0.4) is 0 Å². The van der Waals surface area contributed by atoms with Gasteiger partial charge in [0.05, 0.1) is 25.7 Å². The molecule has 0 aromatic heterocycles. The van der Waals surface area contributed by atoms with Gasteiger partial charge in [-0.25, -0.2) is 0 Å². The van der Waals surface area contributed by atoms with Crippen LogP contribution >= 0.6 is 0 Å². The summed E-state index contributed by atoms with van der Waals surface area (Å²) < 4.78 is 11.2. The zero-order valence-electron chi connectivity index (χ0n) is 15.0. The summed E-state index contributed by atoms with van der Waals surface area (Å²) in [5, 5.41) is 0. The number of ether oxygens (including phenoxy) is 2. The molecule has 1 amide bonds. The Bertz CT molecular complexity index is 615. The third-order valence-corrected chi connectivity index (χ3v) is 6.01. The molecule has 136 valence electrons. The van der Waals surface area contributed by atoms with Crippen LogP contribution in [0.5, 0.6) is 5.75 Å². The number of carbonyl (C=O) groups excluding carboxylic acids is 1. The number of amides is 1. The Morgan fingerprint density at radius 3 is 2.76 bits per heavy atom. The third kappa shape index (κ3) is 3.27. The molecule has 0 bridgehead atoms. The molecule has 3 atom stereocenters. The summed E-state index contributed by atoms with van der Waals surface area (Å²) in [5.74, 6) is 1.68. The second kappa shape index (κ2) is 7.34. The third-order valence-electron chi connectivity index (χ3n) is 6.01. The van der Waals surface area contributed by atoms with E-state index in [4.69, 9.17) is 9.47 Å². The number of morpholine rings is 1. The maximum absolute atomic E-state index is 13.3. The van der Waals surface area contributed by atoms with E-state index in [9.17, 15) is 4.79 Å². The topological polar surface area (TPSA) is 42.0 Å². The quantitative estimate of drug-likeness (QED) is 0.842.